The summed E-state index contributed by atoms with van der Waals surface area (Å²) in [6.45, 7) is 1.25. The van der Waals surface area contributed by atoms with Gasteiger partial charge in [-0.05, 0) is 29.8 Å². The number of nitro benzene ring substituents is 1. The van der Waals surface area contributed by atoms with Crippen LogP contribution in [0, 0.1) is 10.1 Å². The first kappa shape index (κ1) is 16.6. The van der Waals surface area contributed by atoms with Gasteiger partial charge >= 0.3 is 0 Å². The first-order valence-electron chi connectivity index (χ1n) is 7.03. The molecule has 1 heterocycles. The van der Waals surface area contributed by atoms with E-state index in [1.54, 1.807) is 24.4 Å². The predicted molar refractivity (Wildman–Crippen MR) is 83.9 cm³/mol. The lowest BCUT2D eigenvalue weighted by atomic mass is 10.1. The number of nitro groups is 1. The number of pyridine rings is 1. The Kier molecular flexibility index (Phi) is 5.76. The number of non-ortho nitro benzene ring substituents is 1. The van der Waals surface area contributed by atoms with Crippen molar-refractivity contribution in [1.29, 1.82) is 0 Å². The van der Waals surface area contributed by atoms with Crippen LogP contribution in [0.3, 0.4) is 0 Å². The molecule has 1 amide bonds. The second-order valence-electron chi connectivity index (χ2n) is 4.88. The van der Waals surface area contributed by atoms with Gasteiger partial charge in [-0.25, -0.2) is 0 Å². The van der Waals surface area contributed by atoms with Gasteiger partial charge < -0.3 is 9.64 Å². The number of nitrogens with zero attached hydrogens (tertiary/aromatic N) is 3. The Balaban J connectivity index is 2.16. The van der Waals surface area contributed by atoms with Crippen LogP contribution in [0.25, 0.3) is 0 Å². The summed E-state index contributed by atoms with van der Waals surface area (Å²) in [7, 11) is 1.57. The molecule has 0 aliphatic carbocycles. The molecule has 1 aromatic heterocycles. The van der Waals surface area contributed by atoms with Gasteiger partial charge in [0.25, 0.3) is 11.6 Å². The summed E-state index contributed by atoms with van der Waals surface area (Å²) in [6, 6.07) is 9.26. The van der Waals surface area contributed by atoms with Crippen molar-refractivity contribution in [3.05, 3.63) is 70.0 Å². The Labute approximate surface area is 133 Å². The monoisotopic (exact) mass is 315 g/mol. The maximum absolute atomic E-state index is 12.6. The average Bonchev–Trinajstić information content (AvgIpc) is 2.59. The van der Waals surface area contributed by atoms with Gasteiger partial charge in [0.1, 0.15) is 0 Å². The molecule has 120 valence electrons. The van der Waals surface area contributed by atoms with Crippen molar-refractivity contribution in [1.82, 2.24) is 9.88 Å². The number of rotatable bonds is 7. The zero-order valence-electron chi connectivity index (χ0n) is 12.7. The van der Waals surface area contributed by atoms with Gasteiger partial charge in [0.15, 0.2) is 0 Å². The smallest absolute Gasteiger partial charge is 0.269 e. The van der Waals surface area contributed by atoms with Gasteiger partial charge in [0.2, 0.25) is 0 Å². The van der Waals surface area contributed by atoms with Crippen molar-refractivity contribution in [3.8, 4) is 0 Å². The molecule has 1 aromatic carbocycles. The van der Waals surface area contributed by atoms with Gasteiger partial charge in [0.05, 0.1) is 11.5 Å². The molecule has 0 saturated heterocycles. The maximum Gasteiger partial charge on any atom is 0.269 e. The van der Waals surface area contributed by atoms with E-state index >= 15 is 0 Å². The Hall–Kier alpha value is -2.80. The minimum atomic E-state index is -0.492. The number of methoxy groups -OCH3 is 1. The minimum absolute atomic E-state index is 0.0425. The second kappa shape index (κ2) is 8.00. The van der Waals surface area contributed by atoms with Gasteiger partial charge in [-0.15, -0.1) is 0 Å². The second-order valence-corrected chi connectivity index (χ2v) is 4.88. The van der Waals surface area contributed by atoms with E-state index < -0.39 is 4.92 Å². The fourth-order valence-corrected chi connectivity index (χ4v) is 2.07. The van der Waals surface area contributed by atoms with Crippen LogP contribution >= 0.6 is 0 Å². The third-order valence-electron chi connectivity index (χ3n) is 3.30. The van der Waals surface area contributed by atoms with Gasteiger partial charge in [-0.3, -0.25) is 19.9 Å². The third kappa shape index (κ3) is 4.58. The lowest BCUT2D eigenvalue weighted by Gasteiger charge is -2.22. The lowest BCUT2D eigenvalue weighted by molar-refractivity contribution is -0.384. The normalized spacial score (nSPS) is 10.3. The quantitative estimate of drug-likeness (QED) is 0.578. The molecule has 0 atom stereocenters. The minimum Gasteiger partial charge on any atom is -0.383 e. The molecule has 7 heteroatoms. The third-order valence-corrected chi connectivity index (χ3v) is 3.30. The Bertz CT molecular complexity index is 659. The number of ether oxygens (including phenoxy) is 1. The van der Waals surface area contributed by atoms with Crippen molar-refractivity contribution < 1.29 is 14.5 Å². The highest BCUT2D eigenvalue weighted by Gasteiger charge is 2.17. The Morgan fingerprint density at radius 2 is 1.87 bits per heavy atom. The first-order valence-corrected chi connectivity index (χ1v) is 7.03. The zero-order chi connectivity index (χ0) is 16.7. The molecule has 0 aliphatic rings. The van der Waals surface area contributed by atoms with Crippen LogP contribution in [0.2, 0.25) is 0 Å². The summed E-state index contributed by atoms with van der Waals surface area (Å²) < 4.78 is 5.05. The highest BCUT2D eigenvalue weighted by atomic mass is 16.6. The fraction of sp³-hybridized carbons (Fsp3) is 0.250. The van der Waals surface area contributed by atoms with Gasteiger partial charge in [0, 0.05) is 50.3 Å². The zero-order valence-corrected chi connectivity index (χ0v) is 12.7. The molecule has 0 aliphatic heterocycles. The van der Waals surface area contributed by atoms with Crippen molar-refractivity contribution in [2.45, 2.75) is 6.54 Å². The molecule has 0 fully saturated rings. The van der Waals surface area contributed by atoms with Crippen LogP contribution < -0.4 is 0 Å². The molecule has 0 radical (unpaired) electrons. The van der Waals surface area contributed by atoms with Crippen LogP contribution in [0.5, 0.6) is 0 Å². The van der Waals surface area contributed by atoms with E-state index in [4.69, 9.17) is 4.74 Å². The maximum atomic E-state index is 12.6. The highest BCUT2D eigenvalue weighted by Crippen LogP contribution is 2.15. The predicted octanol–water partition coefficient (Wildman–Crippen LogP) is 2.28. The number of carbonyl (C=O) groups is 1. The molecule has 2 aromatic rings. The molecule has 0 N–H and O–H groups in total. The lowest BCUT2D eigenvalue weighted by Crippen LogP contribution is -2.33. The summed E-state index contributed by atoms with van der Waals surface area (Å²) in [6.07, 6.45) is 3.33. The number of hydrogen-bond donors (Lipinski definition) is 0. The molecule has 0 saturated carbocycles. The summed E-state index contributed by atoms with van der Waals surface area (Å²) in [5.41, 5.74) is 1.31. The topological polar surface area (TPSA) is 85.6 Å². The Morgan fingerprint density at radius 1 is 1.22 bits per heavy atom. The summed E-state index contributed by atoms with van der Waals surface area (Å²) >= 11 is 0. The van der Waals surface area contributed by atoms with E-state index in [0.29, 0.717) is 25.3 Å². The van der Waals surface area contributed by atoms with E-state index in [0.717, 1.165) is 5.56 Å². The van der Waals surface area contributed by atoms with Crippen molar-refractivity contribution in [2.24, 2.45) is 0 Å². The number of benzene rings is 1. The largest absolute Gasteiger partial charge is 0.383 e. The standard InChI is InChI=1S/C16H17N3O4/c1-23-11-10-18(12-13-6-8-17-9-7-13)16(20)14-2-4-15(5-3-14)19(21)22/h2-9H,10-12H2,1H3. The van der Waals surface area contributed by atoms with Crippen molar-refractivity contribution in [2.75, 3.05) is 20.3 Å². The molecule has 23 heavy (non-hydrogen) atoms. The number of carbonyl (C=O) groups excluding carboxylic acids is 1. The van der Waals surface area contributed by atoms with Crippen LogP contribution in [0.4, 0.5) is 5.69 Å². The number of hydrogen-bond acceptors (Lipinski definition) is 5. The van der Waals surface area contributed by atoms with Gasteiger partial charge in [-0.1, -0.05) is 0 Å². The van der Waals surface area contributed by atoms with E-state index in [-0.39, 0.29) is 11.6 Å². The molecule has 0 spiro atoms. The van der Waals surface area contributed by atoms with Crippen LogP contribution in [0.15, 0.2) is 48.8 Å². The van der Waals surface area contributed by atoms with Gasteiger partial charge in [-0.2, -0.15) is 0 Å². The van der Waals surface area contributed by atoms with Crippen LogP contribution in [-0.2, 0) is 11.3 Å². The molecule has 2 rings (SSSR count). The van der Waals surface area contributed by atoms with E-state index in [2.05, 4.69) is 4.98 Å². The Morgan fingerprint density at radius 3 is 2.43 bits per heavy atom. The summed E-state index contributed by atoms with van der Waals surface area (Å²) in [5.74, 6) is -0.200. The van der Waals surface area contributed by atoms with E-state index in [9.17, 15) is 14.9 Å². The SMILES string of the molecule is COCCN(Cc1ccncc1)C(=O)c1ccc([N+](=O)[O-])cc1. The van der Waals surface area contributed by atoms with Crippen LogP contribution in [0.1, 0.15) is 15.9 Å². The molecule has 0 unspecified atom stereocenters. The average molecular weight is 315 g/mol. The van der Waals surface area contributed by atoms with E-state index in [1.165, 1.54) is 24.3 Å². The molecular formula is C16H17N3O4. The summed E-state index contributed by atoms with van der Waals surface area (Å²) in [5, 5.41) is 10.7. The molecular weight excluding hydrogens is 298 g/mol. The van der Waals surface area contributed by atoms with Crippen LogP contribution in [-0.4, -0.2) is 41.0 Å². The fourth-order valence-electron chi connectivity index (χ4n) is 2.07. The van der Waals surface area contributed by atoms with Crippen molar-refractivity contribution in [3.63, 3.8) is 0 Å². The highest BCUT2D eigenvalue weighted by molar-refractivity contribution is 5.94. The first-order chi connectivity index (χ1) is 11.1. The summed E-state index contributed by atoms with van der Waals surface area (Å²) in [4.78, 5) is 28.4. The molecule has 0 bridgehead atoms. The molecule has 7 nitrogen and oxygen atoms in total. The number of aromatic nitrogens is 1. The van der Waals surface area contributed by atoms with Crippen molar-refractivity contribution >= 4 is 11.6 Å². The van der Waals surface area contributed by atoms with E-state index in [1.807, 2.05) is 12.1 Å². The number of amides is 1.